The number of ketones is 1. The maximum absolute atomic E-state index is 12.7. The van der Waals surface area contributed by atoms with E-state index in [4.69, 9.17) is 15.8 Å². The van der Waals surface area contributed by atoms with Crippen LogP contribution in [-0.4, -0.2) is 34.5 Å². The van der Waals surface area contributed by atoms with Gasteiger partial charge in [-0.05, 0) is 28.0 Å². The molecule has 0 aliphatic carbocycles. The van der Waals surface area contributed by atoms with Gasteiger partial charge in [-0.2, -0.15) is 0 Å². The number of rotatable bonds is 6. The van der Waals surface area contributed by atoms with Gasteiger partial charge in [-0.3, -0.25) is 9.78 Å². The first kappa shape index (κ1) is 17.3. The van der Waals surface area contributed by atoms with Crippen LogP contribution in [0, 0.1) is 0 Å². The normalized spacial score (nSPS) is 12.1. The van der Waals surface area contributed by atoms with Crippen LogP contribution in [0.15, 0.2) is 60.9 Å². The van der Waals surface area contributed by atoms with Crippen LogP contribution in [0.3, 0.4) is 0 Å². The first-order chi connectivity index (χ1) is 12.1. The summed E-state index contributed by atoms with van der Waals surface area (Å²) in [4.78, 5) is 16.8. The lowest BCUT2D eigenvalue weighted by molar-refractivity contribution is -0.119. The summed E-state index contributed by atoms with van der Waals surface area (Å²) in [6.07, 6.45) is 3.82. The molecular formula is C19H19BN2O3. The van der Waals surface area contributed by atoms with E-state index in [2.05, 4.69) is 4.98 Å². The Labute approximate surface area is 146 Å². The Morgan fingerprint density at radius 3 is 2.52 bits per heavy atom. The smallest absolute Gasteiger partial charge is 0.423 e. The quantitative estimate of drug-likeness (QED) is 0.579. The Balaban J connectivity index is 1.79. The number of hydrogen-bond donors (Lipinski definition) is 3. The van der Waals surface area contributed by atoms with E-state index in [9.17, 15) is 4.79 Å². The van der Waals surface area contributed by atoms with Gasteiger partial charge in [0.05, 0.1) is 5.92 Å². The minimum absolute atomic E-state index is 0.0354. The van der Waals surface area contributed by atoms with Crippen molar-refractivity contribution in [1.82, 2.24) is 4.98 Å². The summed E-state index contributed by atoms with van der Waals surface area (Å²) < 4.78 is 0. The number of pyridine rings is 1. The van der Waals surface area contributed by atoms with Crippen LogP contribution in [0.1, 0.15) is 17.0 Å². The van der Waals surface area contributed by atoms with Gasteiger partial charge in [0, 0.05) is 30.7 Å². The lowest BCUT2D eigenvalue weighted by Crippen LogP contribution is -2.30. The third kappa shape index (κ3) is 3.93. The topological polar surface area (TPSA) is 96.4 Å². The summed E-state index contributed by atoms with van der Waals surface area (Å²) in [6.45, 7) is 0.206. The third-order valence-corrected chi connectivity index (χ3v) is 4.34. The fraction of sp³-hybridized carbons (Fsp3) is 0.158. The molecule has 0 bridgehead atoms. The second-order valence-electron chi connectivity index (χ2n) is 6.03. The molecule has 2 aromatic carbocycles. The largest absolute Gasteiger partial charge is 0.488 e. The standard InChI is InChI=1S/C19H19BN2O3/c21-11-18(14-3-5-17(6-4-14)20(24)25)19(23)10-13-1-2-16-12-22-8-7-15(16)9-13/h1-9,12,18,24-25H,10-11,21H2. The number of benzene rings is 2. The van der Waals surface area contributed by atoms with Crippen LogP contribution in [0.5, 0.6) is 0 Å². The molecular weight excluding hydrogens is 315 g/mol. The minimum atomic E-state index is -1.52. The van der Waals surface area contributed by atoms with Crippen LogP contribution in [0.25, 0.3) is 10.8 Å². The lowest BCUT2D eigenvalue weighted by atomic mass is 9.79. The number of carbonyl (C=O) groups excluding carboxylic acids is 1. The van der Waals surface area contributed by atoms with Crippen molar-refractivity contribution in [2.45, 2.75) is 12.3 Å². The van der Waals surface area contributed by atoms with Crippen molar-refractivity contribution in [2.24, 2.45) is 5.73 Å². The molecule has 25 heavy (non-hydrogen) atoms. The number of Topliss-reactive ketones (excluding diaryl/α,β-unsaturated/α-hetero) is 1. The average Bonchev–Trinajstić information content (AvgIpc) is 2.62. The molecule has 1 aromatic heterocycles. The zero-order valence-corrected chi connectivity index (χ0v) is 13.7. The molecule has 0 radical (unpaired) electrons. The summed E-state index contributed by atoms with van der Waals surface area (Å²) >= 11 is 0. The van der Waals surface area contributed by atoms with Crippen molar-refractivity contribution in [2.75, 3.05) is 6.54 Å². The molecule has 0 fully saturated rings. The Bertz CT molecular complexity index is 881. The minimum Gasteiger partial charge on any atom is -0.423 e. The van der Waals surface area contributed by atoms with Gasteiger partial charge < -0.3 is 15.8 Å². The molecule has 3 aromatic rings. The van der Waals surface area contributed by atoms with Crippen molar-refractivity contribution in [3.63, 3.8) is 0 Å². The maximum atomic E-state index is 12.7. The van der Waals surface area contributed by atoms with Gasteiger partial charge in [0.15, 0.2) is 0 Å². The summed E-state index contributed by atoms with van der Waals surface area (Å²) in [5.41, 5.74) is 7.92. The highest BCUT2D eigenvalue weighted by atomic mass is 16.4. The van der Waals surface area contributed by atoms with E-state index in [1.165, 1.54) is 0 Å². The van der Waals surface area contributed by atoms with Crippen LogP contribution in [0.4, 0.5) is 0 Å². The van der Waals surface area contributed by atoms with Gasteiger partial charge in [-0.25, -0.2) is 0 Å². The van der Waals surface area contributed by atoms with E-state index in [1.807, 2.05) is 24.3 Å². The highest BCUT2D eigenvalue weighted by Gasteiger charge is 2.20. The number of nitrogens with two attached hydrogens (primary N) is 1. The summed E-state index contributed by atoms with van der Waals surface area (Å²) in [7, 11) is -1.52. The SMILES string of the molecule is NCC(C(=O)Cc1ccc2cnccc2c1)c1ccc(B(O)O)cc1. The third-order valence-electron chi connectivity index (χ3n) is 4.34. The number of nitrogens with zero attached hydrogens (tertiary/aromatic N) is 1. The summed E-state index contributed by atoms with van der Waals surface area (Å²) in [5, 5.41) is 20.4. The van der Waals surface area contributed by atoms with Crippen molar-refractivity contribution in [3.05, 3.63) is 72.1 Å². The fourth-order valence-electron chi connectivity index (χ4n) is 2.92. The Morgan fingerprint density at radius 2 is 1.84 bits per heavy atom. The zero-order chi connectivity index (χ0) is 17.8. The molecule has 0 aliphatic heterocycles. The molecule has 6 heteroatoms. The second-order valence-corrected chi connectivity index (χ2v) is 6.03. The monoisotopic (exact) mass is 334 g/mol. The van der Waals surface area contributed by atoms with Crippen molar-refractivity contribution in [3.8, 4) is 0 Å². The van der Waals surface area contributed by atoms with E-state index >= 15 is 0 Å². The first-order valence-corrected chi connectivity index (χ1v) is 8.10. The van der Waals surface area contributed by atoms with E-state index in [-0.39, 0.29) is 12.3 Å². The molecule has 1 atom stereocenters. The zero-order valence-electron chi connectivity index (χ0n) is 13.7. The van der Waals surface area contributed by atoms with Gasteiger partial charge in [0.1, 0.15) is 5.78 Å². The summed E-state index contributed by atoms with van der Waals surface area (Å²) in [5.74, 6) is -0.383. The predicted molar refractivity (Wildman–Crippen MR) is 98.5 cm³/mol. The van der Waals surface area contributed by atoms with E-state index in [0.29, 0.717) is 11.9 Å². The summed E-state index contributed by atoms with van der Waals surface area (Å²) in [6, 6.07) is 14.4. The average molecular weight is 334 g/mol. The van der Waals surface area contributed by atoms with Crippen LogP contribution in [-0.2, 0) is 11.2 Å². The van der Waals surface area contributed by atoms with Crippen molar-refractivity contribution in [1.29, 1.82) is 0 Å². The maximum Gasteiger partial charge on any atom is 0.488 e. The predicted octanol–water partition coefficient (Wildman–Crippen LogP) is 0.769. The number of carbonyl (C=O) groups is 1. The van der Waals surface area contributed by atoms with Crippen molar-refractivity contribution < 1.29 is 14.8 Å². The molecule has 1 unspecified atom stereocenters. The van der Waals surface area contributed by atoms with Gasteiger partial charge in [-0.15, -0.1) is 0 Å². The van der Waals surface area contributed by atoms with Gasteiger partial charge in [-0.1, -0.05) is 42.5 Å². The highest BCUT2D eigenvalue weighted by Crippen LogP contribution is 2.20. The number of fused-ring (bicyclic) bond motifs is 1. The highest BCUT2D eigenvalue weighted by molar-refractivity contribution is 6.58. The second kappa shape index (κ2) is 7.57. The molecule has 5 nitrogen and oxygen atoms in total. The van der Waals surface area contributed by atoms with E-state index in [0.717, 1.165) is 21.9 Å². The number of hydrogen-bond acceptors (Lipinski definition) is 5. The Hall–Kier alpha value is -2.54. The molecule has 0 saturated heterocycles. The van der Waals surface area contributed by atoms with Crippen molar-refractivity contribution >= 4 is 29.1 Å². The molecule has 1 heterocycles. The fourth-order valence-corrected chi connectivity index (χ4v) is 2.92. The van der Waals surface area contributed by atoms with Gasteiger partial charge in [0.2, 0.25) is 0 Å². The molecule has 4 N–H and O–H groups in total. The molecule has 0 spiro atoms. The lowest BCUT2D eigenvalue weighted by Gasteiger charge is -2.15. The first-order valence-electron chi connectivity index (χ1n) is 8.10. The van der Waals surface area contributed by atoms with Gasteiger partial charge in [0.25, 0.3) is 0 Å². The Morgan fingerprint density at radius 1 is 1.08 bits per heavy atom. The van der Waals surface area contributed by atoms with E-state index in [1.54, 1.807) is 36.7 Å². The van der Waals surface area contributed by atoms with Crippen LogP contribution >= 0.6 is 0 Å². The van der Waals surface area contributed by atoms with Crippen LogP contribution < -0.4 is 11.2 Å². The molecule has 3 rings (SSSR count). The van der Waals surface area contributed by atoms with Gasteiger partial charge >= 0.3 is 7.12 Å². The molecule has 0 aliphatic rings. The number of aromatic nitrogens is 1. The molecule has 0 saturated carbocycles. The van der Waals surface area contributed by atoms with Crippen LogP contribution in [0.2, 0.25) is 0 Å². The van der Waals surface area contributed by atoms with E-state index < -0.39 is 13.0 Å². The Kier molecular flexibility index (Phi) is 5.24. The molecule has 0 amide bonds. The molecule has 126 valence electrons.